The molecule has 2 N–H and O–H groups in total. The molecule has 140 valence electrons. The Labute approximate surface area is 159 Å². The number of hydrogen-bond acceptors (Lipinski definition) is 7. The van der Waals surface area contributed by atoms with Gasteiger partial charge < -0.3 is 19.5 Å². The standard InChI is InChI=1S/C18H17N3O5S/c1-24-11-5-7-12(14(9-11)25-2)19-17(23)21-18-20-13-6-4-10(16(22)26-3)8-15(13)27-18/h4-9H,1-3H3,(H2,19,20,21,23). The van der Waals surface area contributed by atoms with E-state index in [-0.39, 0.29) is 0 Å². The van der Waals surface area contributed by atoms with Crippen LogP contribution in [0.4, 0.5) is 15.6 Å². The second-order valence-corrected chi connectivity index (χ2v) is 6.37. The average molecular weight is 387 g/mol. The molecule has 0 unspecified atom stereocenters. The largest absolute Gasteiger partial charge is 0.497 e. The van der Waals surface area contributed by atoms with Crippen molar-refractivity contribution < 1.29 is 23.8 Å². The Morgan fingerprint density at radius 3 is 2.52 bits per heavy atom. The lowest BCUT2D eigenvalue weighted by atomic mass is 10.2. The number of anilines is 2. The van der Waals surface area contributed by atoms with E-state index in [4.69, 9.17) is 14.2 Å². The fourth-order valence-corrected chi connectivity index (χ4v) is 3.28. The number of fused-ring (bicyclic) bond motifs is 1. The minimum Gasteiger partial charge on any atom is -0.497 e. The molecule has 1 heterocycles. The third-order valence-electron chi connectivity index (χ3n) is 3.69. The van der Waals surface area contributed by atoms with Crippen LogP contribution < -0.4 is 20.1 Å². The average Bonchev–Trinajstić information content (AvgIpc) is 3.08. The lowest BCUT2D eigenvalue weighted by molar-refractivity contribution is 0.0601. The number of nitrogens with zero attached hydrogens (tertiary/aromatic N) is 1. The molecule has 0 saturated carbocycles. The number of hydrogen-bond donors (Lipinski definition) is 2. The molecule has 27 heavy (non-hydrogen) atoms. The van der Waals surface area contributed by atoms with E-state index in [1.165, 1.54) is 25.6 Å². The van der Waals surface area contributed by atoms with Gasteiger partial charge in [-0.3, -0.25) is 5.32 Å². The van der Waals surface area contributed by atoms with Gasteiger partial charge in [0.2, 0.25) is 0 Å². The highest BCUT2D eigenvalue weighted by atomic mass is 32.1. The van der Waals surface area contributed by atoms with Gasteiger partial charge in [0.1, 0.15) is 11.5 Å². The number of aromatic nitrogens is 1. The quantitative estimate of drug-likeness (QED) is 0.647. The molecule has 2 amide bonds. The second kappa shape index (κ2) is 7.92. The minimum absolute atomic E-state index is 0.400. The molecule has 1 aromatic heterocycles. The molecule has 0 atom stereocenters. The summed E-state index contributed by atoms with van der Waals surface area (Å²) in [5, 5.41) is 5.78. The maximum Gasteiger partial charge on any atom is 0.337 e. The van der Waals surface area contributed by atoms with Crippen LogP contribution in [0.2, 0.25) is 0 Å². The highest BCUT2D eigenvalue weighted by Crippen LogP contribution is 2.30. The van der Waals surface area contributed by atoms with Crippen molar-refractivity contribution in [3.63, 3.8) is 0 Å². The molecule has 0 saturated heterocycles. The molecule has 0 aliphatic carbocycles. The number of amides is 2. The fourth-order valence-electron chi connectivity index (χ4n) is 2.38. The first-order valence-corrected chi connectivity index (χ1v) is 8.64. The van der Waals surface area contributed by atoms with Crippen LogP contribution in [-0.4, -0.2) is 38.3 Å². The van der Waals surface area contributed by atoms with Gasteiger partial charge in [0.15, 0.2) is 5.13 Å². The molecule has 0 bridgehead atoms. The number of urea groups is 1. The van der Waals surface area contributed by atoms with E-state index in [2.05, 4.69) is 15.6 Å². The number of methoxy groups -OCH3 is 3. The SMILES string of the molecule is COC(=O)c1ccc2nc(NC(=O)Nc3ccc(OC)cc3OC)sc2c1. The molecule has 2 aromatic carbocycles. The van der Waals surface area contributed by atoms with E-state index in [9.17, 15) is 9.59 Å². The van der Waals surface area contributed by atoms with Gasteiger partial charge in [0, 0.05) is 6.07 Å². The van der Waals surface area contributed by atoms with Gasteiger partial charge in [0.05, 0.1) is 42.8 Å². The van der Waals surface area contributed by atoms with Gasteiger partial charge in [-0.25, -0.2) is 14.6 Å². The predicted octanol–water partition coefficient (Wildman–Crippen LogP) is 3.74. The number of benzene rings is 2. The third-order valence-corrected chi connectivity index (χ3v) is 4.62. The van der Waals surface area contributed by atoms with E-state index in [0.29, 0.717) is 33.4 Å². The van der Waals surface area contributed by atoms with Crippen molar-refractivity contribution in [1.82, 2.24) is 4.98 Å². The number of ether oxygens (including phenoxy) is 3. The molecule has 3 rings (SSSR count). The Bertz CT molecular complexity index is 1000. The summed E-state index contributed by atoms with van der Waals surface area (Å²) in [6.45, 7) is 0. The molecule has 0 aliphatic rings. The van der Waals surface area contributed by atoms with Gasteiger partial charge in [-0.15, -0.1) is 0 Å². The number of nitrogens with one attached hydrogen (secondary N) is 2. The Morgan fingerprint density at radius 1 is 1.00 bits per heavy atom. The first-order valence-electron chi connectivity index (χ1n) is 7.83. The summed E-state index contributed by atoms with van der Waals surface area (Å²) in [5.74, 6) is 0.658. The van der Waals surface area contributed by atoms with Crippen molar-refractivity contribution in [3.8, 4) is 11.5 Å². The van der Waals surface area contributed by atoms with E-state index in [1.807, 2.05) is 0 Å². The summed E-state index contributed by atoms with van der Waals surface area (Å²) in [6.07, 6.45) is 0. The summed E-state index contributed by atoms with van der Waals surface area (Å²) in [4.78, 5) is 28.2. The Kier molecular flexibility index (Phi) is 5.41. The Balaban J connectivity index is 1.75. The van der Waals surface area contributed by atoms with Crippen molar-refractivity contribution in [3.05, 3.63) is 42.0 Å². The maximum atomic E-state index is 12.3. The fraction of sp³-hybridized carbons (Fsp3) is 0.167. The van der Waals surface area contributed by atoms with Crippen molar-refractivity contribution in [2.24, 2.45) is 0 Å². The van der Waals surface area contributed by atoms with Crippen molar-refractivity contribution in [1.29, 1.82) is 0 Å². The van der Waals surface area contributed by atoms with Crippen LogP contribution in [0.15, 0.2) is 36.4 Å². The monoisotopic (exact) mass is 387 g/mol. The number of thiazole rings is 1. The Hall–Kier alpha value is -3.33. The molecule has 9 heteroatoms. The van der Waals surface area contributed by atoms with Crippen LogP contribution in [0.5, 0.6) is 11.5 Å². The van der Waals surface area contributed by atoms with Crippen molar-refractivity contribution in [2.75, 3.05) is 32.0 Å². The number of carbonyl (C=O) groups excluding carboxylic acids is 2. The number of rotatable bonds is 5. The van der Waals surface area contributed by atoms with Crippen LogP contribution >= 0.6 is 11.3 Å². The summed E-state index contributed by atoms with van der Waals surface area (Å²) in [5.41, 5.74) is 1.59. The Morgan fingerprint density at radius 2 is 1.81 bits per heavy atom. The van der Waals surface area contributed by atoms with Gasteiger partial charge in [-0.1, -0.05) is 11.3 Å². The molecule has 0 radical (unpaired) electrons. The zero-order chi connectivity index (χ0) is 19.4. The topological polar surface area (TPSA) is 98.8 Å². The van der Waals surface area contributed by atoms with Crippen LogP contribution in [-0.2, 0) is 4.74 Å². The van der Waals surface area contributed by atoms with Crippen LogP contribution in [0.25, 0.3) is 10.2 Å². The predicted molar refractivity (Wildman–Crippen MR) is 103 cm³/mol. The maximum absolute atomic E-state index is 12.3. The van der Waals surface area contributed by atoms with Crippen molar-refractivity contribution >= 4 is 44.4 Å². The van der Waals surface area contributed by atoms with Crippen LogP contribution in [0, 0.1) is 0 Å². The molecule has 0 spiro atoms. The molecule has 0 fully saturated rings. The first kappa shape index (κ1) is 18.5. The summed E-state index contributed by atoms with van der Waals surface area (Å²) < 4.78 is 15.9. The molecular formula is C18H17N3O5S. The van der Waals surface area contributed by atoms with E-state index in [1.54, 1.807) is 43.5 Å². The number of carbonyl (C=O) groups is 2. The summed E-state index contributed by atoms with van der Waals surface area (Å²) in [6, 6.07) is 9.59. The van der Waals surface area contributed by atoms with Crippen LogP contribution in [0.1, 0.15) is 10.4 Å². The van der Waals surface area contributed by atoms with Gasteiger partial charge >= 0.3 is 12.0 Å². The minimum atomic E-state index is -0.467. The molecule has 3 aromatic rings. The lowest BCUT2D eigenvalue weighted by Gasteiger charge is -2.11. The van der Waals surface area contributed by atoms with Crippen LogP contribution in [0.3, 0.4) is 0 Å². The first-order chi connectivity index (χ1) is 13.0. The van der Waals surface area contributed by atoms with E-state index < -0.39 is 12.0 Å². The van der Waals surface area contributed by atoms with Crippen molar-refractivity contribution in [2.45, 2.75) is 0 Å². The number of esters is 1. The highest BCUT2D eigenvalue weighted by molar-refractivity contribution is 7.22. The second-order valence-electron chi connectivity index (χ2n) is 5.34. The normalized spacial score (nSPS) is 10.3. The van der Waals surface area contributed by atoms with Gasteiger partial charge in [-0.2, -0.15) is 0 Å². The zero-order valence-corrected chi connectivity index (χ0v) is 15.7. The van der Waals surface area contributed by atoms with E-state index in [0.717, 1.165) is 4.70 Å². The lowest BCUT2D eigenvalue weighted by Crippen LogP contribution is -2.19. The van der Waals surface area contributed by atoms with E-state index >= 15 is 0 Å². The smallest absolute Gasteiger partial charge is 0.337 e. The molecule has 8 nitrogen and oxygen atoms in total. The summed E-state index contributed by atoms with van der Waals surface area (Å²) in [7, 11) is 4.38. The highest BCUT2D eigenvalue weighted by Gasteiger charge is 2.13. The molecule has 0 aliphatic heterocycles. The van der Waals surface area contributed by atoms with Gasteiger partial charge in [0.25, 0.3) is 0 Å². The van der Waals surface area contributed by atoms with Gasteiger partial charge in [-0.05, 0) is 30.3 Å². The zero-order valence-electron chi connectivity index (χ0n) is 14.9. The third kappa shape index (κ3) is 4.09. The molecular weight excluding hydrogens is 370 g/mol. The summed E-state index contributed by atoms with van der Waals surface area (Å²) >= 11 is 1.25.